The molecule has 0 radical (unpaired) electrons. The molecule has 0 aliphatic carbocycles. The maximum absolute atomic E-state index is 13.3. The average Bonchev–Trinajstić information content (AvgIpc) is 3.28. The van der Waals surface area contributed by atoms with Crippen molar-refractivity contribution in [2.45, 2.75) is 6.04 Å². The topological polar surface area (TPSA) is 70.2 Å². The van der Waals surface area contributed by atoms with Crippen molar-refractivity contribution < 1.29 is 9.53 Å². The van der Waals surface area contributed by atoms with Crippen molar-refractivity contribution in [1.82, 2.24) is 20.4 Å². The first-order chi connectivity index (χ1) is 13.3. The van der Waals surface area contributed by atoms with Crippen molar-refractivity contribution in [3.63, 3.8) is 0 Å². The number of rotatable bonds is 4. The zero-order valence-corrected chi connectivity index (χ0v) is 15.2. The molecule has 3 aromatic rings. The zero-order chi connectivity index (χ0) is 18.6. The molecule has 1 atom stereocenters. The van der Waals surface area contributed by atoms with Gasteiger partial charge in [0, 0.05) is 42.5 Å². The molecule has 0 bridgehead atoms. The monoisotopic (exact) mass is 362 g/mol. The van der Waals surface area contributed by atoms with Crippen LogP contribution in [-0.2, 0) is 0 Å². The van der Waals surface area contributed by atoms with Gasteiger partial charge in [-0.15, -0.1) is 0 Å². The second-order valence-corrected chi connectivity index (χ2v) is 6.53. The highest BCUT2D eigenvalue weighted by Gasteiger charge is 2.29. The van der Waals surface area contributed by atoms with Crippen LogP contribution < -0.4 is 10.1 Å². The van der Waals surface area contributed by atoms with Gasteiger partial charge in [-0.2, -0.15) is 5.10 Å². The van der Waals surface area contributed by atoms with Crippen LogP contribution in [0.15, 0.2) is 60.9 Å². The van der Waals surface area contributed by atoms with Crippen molar-refractivity contribution in [1.29, 1.82) is 0 Å². The van der Waals surface area contributed by atoms with Crippen molar-refractivity contribution in [3.8, 4) is 16.9 Å². The van der Waals surface area contributed by atoms with Gasteiger partial charge in [-0.1, -0.05) is 30.3 Å². The smallest absolute Gasteiger partial charge is 0.254 e. The van der Waals surface area contributed by atoms with Gasteiger partial charge < -0.3 is 15.0 Å². The van der Waals surface area contributed by atoms with Crippen LogP contribution in [0.3, 0.4) is 0 Å². The Balaban J connectivity index is 1.65. The number of nitrogens with zero attached hydrogens (tertiary/aromatic N) is 2. The predicted octanol–water partition coefficient (Wildman–Crippen LogP) is 2.87. The molecule has 27 heavy (non-hydrogen) atoms. The summed E-state index contributed by atoms with van der Waals surface area (Å²) in [6, 6.07) is 15.8. The molecule has 1 aromatic heterocycles. The second-order valence-electron chi connectivity index (χ2n) is 6.53. The summed E-state index contributed by atoms with van der Waals surface area (Å²) in [4.78, 5) is 15.2. The number of ether oxygens (including phenoxy) is 1. The second kappa shape index (κ2) is 7.63. The van der Waals surface area contributed by atoms with E-state index in [9.17, 15) is 4.79 Å². The van der Waals surface area contributed by atoms with E-state index in [1.165, 1.54) is 0 Å². The molecule has 6 heteroatoms. The number of benzene rings is 2. The Morgan fingerprint density at radius 3 is 2.81 bits per heavy atom. The van der Waals surface area contributed by atoms with E-state index < -0.39 is 0 Å². The Hall–Kier alpha value is -3.12. The molecule has 2 aromatic carbocycles. The first-order valence-electron chi connectivity index (χ1n) is 9.02. The Labute approximate surface area is 158 Å². The summed E-state index contributed by atoms with van der Waals surface area (Å²) in [5.74, 6) is 0.677. The molecule has 2 heterocycles. The standard InChI is InChI=1S/C21H22N4O2/c1-27-20-11-16(7-8-18(20)17-12-23-24-13-17)21(26)25-10-9-22-14-19(25)15-5-3-2-4-6-15/h2-8,11-13,19,22H,9-10,14H2,1H3,(H,23,24). The summed E-state index contributed by atoms with van der Waals surface area (Å²) < 4.78 is 5.53. The summed E-state index contributed by atoms with van der Waals surface area (Å²) in [7, 11) is 1.62. The molecule has 4 rings (SSSR count). The highest BCUT2D eigenvalue weighted by atomic mass is 16.5. The van der Waals surface area contributed by atoms with Gasteiger partial charge in [0.15, 0.2) is 0 Å². The van der Waals surface area contributed by atoms with Gasteiger partial charge in [0.25, 0.3) is 5.91 Å². The van der Waals surface area contributed by atoms with Crippen LogP contribution >= 0.6 is 0 Å². The van der Waals surface area contributed by atoms with Crippen LogP contribution in [0.5, 0.6) is 5.75 Å². The minimum atomic E-state index is 0.0161. The van der Waals surface area contributed by atoms with Crippen molar-refractivity contribution in [3.05, 3.63) is 72.1 Å². The number of hydrogen-bond donors (Lipinski definition) is 2. The van der Waals surface area contributed by atoms with E-state index in [0.717, 1.165) is 29.8 Å². The minimum Gasteiger partial charge on any atom is -0.496 e. The van der Waals surface area contributed by atoms with Gasteiger partial charge in [-0.05, 0) is 23.8 Å². The molecule has 1 aliphatic rings. The Bertz CT molecular complexity index is 909. The molecular weight excluding hydrogens is 340 g/mol. The number of amides is 1. The van der Waals surface area contributed by atoms with Crippen LogP contribution in [0.4, 0.5) is 0 Å². The number of aromatic amines is 1. The highest BCUT2D eigenvalue weighted by molar-refractivity contribution is 5.96. The molecule has 1 unspecified atom stereocenters. The molecule has 1 aliphatic heterocycles. The van der Waals surface area contributed by atoms with E-state index in [2.05, 4.69) is 27.6 Å². The predicted molar refractivity (Wildman–Crippen MR) is 104 cm³/mol. The third kappa shape index (κ3) is 3.44. The number of carbonyl (C=O) groups excluding carboxylic acids is 1. The lowest BCUT2D eigenvalue weighted by Gasteiger charge is -2.36. The molecule has 1 amide bonds. The van der Waals surface area contributed by atoms with Crippen LogP contribution in [-0.4, -0.2) is 47.7 Å². The number of methoxy groups -OCH3 is 1. The maximum atomic E-state index is 13.3. The van der Waals surface area contributed by atoms with Crippen LogP contribution in [0.1, 0.15) is 22.0 Å². The summed E-state index contributed by atoms with van der Waals surface area (Å²) in [5.41, 5.74) is 3.60. The fourth-order valence-electron chi connectivity index (χ4n) is 3.55. The van der Waals surface area contributed by atoms with E-state index in [1.54, 1.807) is 19.5 Å². The van der Waals surface area contributed by atoms with E-state index in [0.29, 0.717) is 17.9 Å². The fraction of sp³-hybridized carbons (Fsp3) is 0.238. The third-order valence-corrected chi connectivity index (χ3v) is 4.95. The van der Waals surface area contributed by atoms with Crippen LogP contribution in [0.2, 0.25) is 0 Å². The zero-order valence-electron chi connectivity index (χ0n) is 15.2. The van der Waals surface area contributed by atoms with Gasteiger partial charge in [0.2, 0.25) is 0 Å². The number of hydrogen-bond acceptors (Lipinski definition) is 4. The lowest BCUT2D eigenvalue weighted by atomic mass is 10.0. The van der Waals surface area contributed by atoms with E-state index in [4.69, 9.17) is 4.74 Å². The van der Waals surface area contributed by atoms with Crippen molar-refractivity contribution in [2.75, 3.05) is 26.7 Å². The molecule has 1 saturated heterocycles. The van der Waals surface area contributed by atoms with Crippen molar-refractivity contribution >= 4 is 5.91 Å². The van der Waals surface area contributed by atoms with Gasteiger partial charge in [0.1, 0.15) is 5.75 Å². The van der Waals surface area contributed by atoms with Crippen LogP contribution in [0.25, 0.3) is 11.1 Å². The summed E-state index contributed by atoms with van der Waals surface area (Å²) in [6.45, 7) is 2.21. The lowest BCUT2D eigenvalue weighted by Crippen LogP contribution is -2.48. The SMILES string of the molecule is COc1cc(C(=O)N2CCNCC2c2ccccc2)ccc1-c1cn[nH]c1. The number of piperazine rings is 1. The van der Waals surface area contributed by atoms with E-state index in [-0.39, 0.29) is 11.9 Å². The van der Waals surface area contributed by atoms with Gasteiger partial charge in [-0.25, -0.2) is 0 Å². The molecule has 0 saturated carbocycles. The molecule has 2 N–H and O–H groups in total. The maximum Gasteiger partial charge on any atom is 0.254 e. The Morgan fingerprint density at radius 2 is 2.07 bits per heavy atom. The largest absolute Gasteiger partial charge is 0.496 e. The lowest BCUT2D eigenvalue weighted by molar-refractivity contribution is 0.0634. The summed E-state index contributed by atoms with van der Waals surface area (Å²) in [5, 5.41) is 10.2. The third-order valence-electron chi connectivity index (χ3n) is 4.95. The molecule has 6 nitrogen and oxygen atoms in total. The summed E-state index contributed by atoms with van der Waals surface area (Å²) >= 11 is 0. The quantitative estimate of drug-likeness (QED) is 0.749. The molecule has 0 spiro atoms. The molecule has 138 valence electrons. The minimum absolute atomic E-state index is 0.0161. The number of aromatic nitrogens is 2. The Morgan fingerprint density at radius 1 is 1.22 bits per heavy atom. The average molecular weight is 362 g/mol. The van der Waals surface area contributed by atoms with E-state index >= 15 is 0 Å². The van der Waals surface area contributed by atoms with E-state index in [1.807, 2.05) is 41.3 Å². The molecule has 1 fully saturated rings. The first kappa shape index (κ1) is 17.3. The van der Waals surface area contributed by atoms with Gasteiger partial charge in [0.05, 0.1) is 19.3 Å². The van der Waals surface area contributed by atoms with Crippen LogP contribution in [0, 0.1) is 0 Å². The normalized spacial score (nSPS) is 16.9. The fourth-order valence-corrected chi connectivity index (χ4v) is 3.55. The van der Waals surface area contributed by atoms with Gasteiger partial charge in [-0.3, -0.25) is 9.89 Å². The highest BCUT2D eigenvalue weighted by Crippen LogP contribution is 2.32. The Kier molecular flexibility index (Phi) is 4.89. The first-order valence-corrected chi connectivity index (χ1v) is 9.02. The van der Waals surface area contributed by atoms with Gasteiger partial charge >= 0.3 is 0 Å². The molecular formula is C21H22N4O2. The van der Waals surface area contributed by atoms with Crippen molar-refractivity contribution in [2.24, 2.45) is 0 Å². The number of H-pyrrole nitrogens is 1. The number of carbonyl (C=O) groups is 1. The number of nitrogens with one attached hydrogen (secondary N) is 2. The summed E-state index contributed by atoms with van der Waals surface area (Å²) in [6.07, 6.45) is 3.54.